The molecule has 0 aliphatic heterocycles. The molecule has 5 nitrogen and oxygen atoms in total. The smallest absolute Gasteiger partial charge is 0.199 e. The zero-order valence-corrected chi connectivity index (χ0v) is 11.4. The molecule has 0 radical (unpaired) electrons. The largest absolute Gasteiger partial charge is 0.490 e. The molecule has 0 N–H and O–H groups in total. The fourth-order valence-corrected chi connectivity index (χ4v) is 1.93. The predicted octanol–water partition coefficient (Wildman–Crippen LogP) is 2.00. The molecular formula is C11H18ClN3O2. The Kier molecular flexibility index (Phi) is 5.44. The Bertz CT molecular complexity index is 363. The van der Waals surface area contributed by atoms with Gasteiger partial charge in [-0.1, -0.05) is 11.6 Å². The fourth-order valence-electron chi connectivity index (χ4n) is 1.73. The summed E-state index contributed by atoms with van der Waals surface area (Å²) in [4.78, 5) is 10.2. The van der Waals surface area contributed by atoms with Crippen LogP contribution >= 0.6 is 11.6 Å². The van der Waals surface area contributed by atoms with E-state index in [2.05, 4.69) is 21.8 Å². The lowest BCUT2D eigenvalue weighted by Crippen LogP contribution is -2.37. The molecule has 0 saturated carbocycles. The molecule has 1 atom stereocenters. The third-order valence-corrected chi connectivity index (χ3v) is 2.77. The Labute approximate surface area is 107 Å². The molecule has 17 heavy (non-hydrogen) atoms. The van der Waals surface area contributed by atoms with Gasteiger partial charge in [0.15, 0.2) is 16.7 Å². The van der Waals surface area contributed by atoms with Crippen LogP contribution in [-0.4, -0.2) is 43.4 Å². The van der Waals surface area contributed by atoms with E-state index in [1.165, 1.54) is 6.33 Å². The normalized spacial score (nSPS) is 12.3. The zero-order valence-electron chi connectivity index (χ0n) is 10.6. The molecule has 1 unspecified atom stereocenters. The molecule has 0 amide bonds. The van der Waals surface area contributed by atoms with E-state index < -0.39 is 0 Å². The molecule has 0 aliphatic carbocycles. The van der Waals surface area contributed by atoms with Crippen LogP contribution in [0.2, 0.25) is 5.15 Å². The zero-order chi connectivity index (χ0) is 12.8. The standard InChI is InChI=1S/C11H18ClN3O2/c1-5-15(8(2)6-16-3)11-9(17-4)10(12)13-7-14-11/h7-8H,5-6H2,1-4H3. The van der Waals surface area contributed by atoms with E-state index in [4.69, 9.17) is 21.1 Å². The van der Waals surface area contributed by atoms with Gasteiger partial charge in [0.1, 0.15) is 6.33 Å². The third-order valence-electron chi connectivity index (χ3n) is 2.50. The maximum Gasteiger partial charge on any atom is 0.199 e. The van der Waals surface area contributed by atoms with Gasteiger partial charge < -0.3 is 14.4 Å². The van der Waals surface area contributed by atoms with Crippen LogP contribution in [0.15, 0.2) is 6.33 Å². The van der Waals surface area contributed by atoms with E-state index in [1.54, 1.807) is 14.2 Å². The van der Waals surface area contributed by atoms with Crippen LogP contribution in [0.5, 0.6) is 5.75 Å². The van der Waals surface area contributed by atoms with Crippen LogP contribution in [0.3, 0.4) is 0 Å². The van der Waals surface area contributed by atoms with E-state index in [-0.39, 0.29) is 6.04 Å². The highest BCUT2D eigenvalue weighted by molar-refractivity contribution is 6.31. The Morgan fingerprint density at radius 3 is 2.65 bits per heavy atom. The summed E-state index contributed by atoms with van der Waals surface area (Å²) in [7, 11) is 3.23. The quantitative estimate of drug-likeness (QED) is 0.732. The lowest BCUT2D eigenvalue weighted by atomic mass is 10.3. The van der Waals surface area contributed by atoms with Gasteiger partial charge in [-0.25, -0.2) is 9.97 Å². The van der Waals surface area contributed by atoms with Crippen molar-refractivity contribution in [2.45, 2.75) is 19.9 Å². The summed E-state index contributed by atoms with van der Waals surface area (Å²) in [5.41, 5.74) is 0. The predicted molar refractivity (Wildman–Crippen MR) is 68.0 cm³/mol. The maximum absolute atomic E-state index is 5.98. The molecule has 1 aromatic rings. The first-order valence-electron chi connectivity index (χ1n) is 5.45. The average Bonchev–Trinajstić information content (AvgIpc) is 2.30. The fraction of sp³-hybridized carbons (Fsp3) is 0.636. The Balaban J connectivity index is 3.06. The molecule has 1 aromatic heterocycles. The topological polar surface area (TPSA) is 47.5 Å². The van der Waals surface area contributed by atoms with Crippen molar-refractivity contribution >= 4 is 17.4 Å². The number of hydrogen-bond donors (Lipinski definition) is 0. The molecule has 1 heterocycles. The summed E-state index contributed by atoms with van der Waals surface area (Å²) >= 11 is 5.98. The highest BCUT2D eigenvalue weighted by Gasteiger charge is 2.20. The molecule has 0 fully saturated rings. The van der Waals surface area contributed by atoms with Crippen LogP contribution in [0.25, 0.3) is 0 Å². The van der Waals surface area contributed by atoms with Gasteiger partial charge in [-0.05, 0) is 13.8 Å². The van der Waals surface area contributed by atoms with Gasteiger partial charge in [0, 0.05) is 13.7 Å². The Morgan fingerprint density at radius 2 is 2.12 bits per heavy atom. The minimum Gasteiger partial charge on any atom is -0.490 e. The van der Waals surface area contributed by atoms with Crippen LogP contribution in [0, 0.1) is 0 Å². The van der Waals surface area contributed by atoms with E-state index in [0.29, 0.717) is 23.3 Å². The molecule has 0 aromatic carbocycles. The lowest BCUT2D eigenvalue weighted by Gasteiger charge is -2.29. The van der Waals surface area contributed by atoms with Gasteiger partial charge in [0.05, 0.1) is 19.8 Å². The van der Waals surface area contributed by atoms with E-state index >= 15 is 0 Å². The molecule has 6 heteroatoms. The highest BCUT2D eigenvalue weighted by atomic mass is 35.5. The van der Waals surface area contributed by atoms with Crippen molar-refractivity contribution in [3.63, 3.8) is 0 Å². The first-order chi connectivity index (χ1) is 8.15. The van der Waals surface area contributed by atoms with Gasteiger partial charge in [-0.15, -0.1) is 0 Å². The van der Waals surface area contributed by atoms with E-state index in [1.807, 2.05) is 6.92 Å². The molecule has 0 bridgehead atoms. The van der Waals surface area contributed by atoms with Crippen molar-refractivity contribution in [3.05, 3.63) is 11.5 Å². The van der Waals surface area contributed by atoms with Gasteiger partial charge >= 0.3 is 0 Å². The van der Waals surface area contributed by atoms with Gasteiger partial charge in [0.25, 0.3) is 0 Å². The van der Waals surface area contributed by atoms with Gasteiger partial charge in [-0.2, -0.15) is 0 Å². The van der Waals surface area contributed by atoms with Crippen molar-refractivity contribution in [2.75, 3.05) is 32.3 Å². The molecule has 0 spiro atoms. The number of methoxy groups -OCH3 is 2. The number of halogens is 1. The second-order valence-electron chi connectivity index (χ2n) is 3.61. The number of ether oxygens (including phenoxy) is 2. The minimum absolute atomic E-state index is 0.185. The monoisotopic (exact) mass is 259 g/mol. The summed E-state index contributed by atoms with van der Waals surface area (Å²) in [6.07, 6.45) is 1.43. The Hall–Kier alpha value is -1.07. The molecule has 96 valence electrons. The number of hydrogen-bond acceptors (Lipinski definition) is 5. The molecular weight excluding hydrogens is 242 g/mol. The highest BCUT2D eigenvalue weighted by Crippen LogP contribution is 2.32. The summed E-state index contributed by atoms with van der Waals surface area (Å²) in [5.74, 6) is 1.19. The maximum atomic E-state index is 5.98. The van der Waals surface area contributed by atoms with Gasteiger partial charge in [0.2, 0.25) is 0 Å². The average molecular weight is 260 g/mol. The number of anilines is 1. The van der Waals surface area contributed by atoms with Crippen molar-refractivity contribution in [1.82, 2.24) is 9.97 Å². The molecule has 0 aliphatic rings. The third kappa shape index (κ3) is 3.20. The molecule has 0 saturated heterocycles. The summed E-state index contributed by atoms with van der Waals surface area (Å²) in [6.45, 7) is 5.50. The number of nitrogens with zero attached hydrogens (tertiary/aromatic N) is 3. The Morgan fingerprint density at radius 1 is 1.41 bits per heavy atom. The SMILES string of the molecule is CCN(c1ncnc(Cl)c1OC)C(C)COC. The van der Waals surface area contributed by atoms with Crippen molar-refractivity contribution in [3.8, 4) is 5.75 Å². The summed E-state index contributed by atoms with van der Waals surface area (Å²) in [6, 6.07) is 0.185. The number of aromatic nitrogens is 2. The van der Waals surface area contributed by atoms with Crippen molar-refractivity contribution in [2.24, 2.45) is 0 Å². The van der Waals surface area contributed by atoms with Crippen LogP contribution in [-0.2, 0) is 4.74 Å². The summed E-state index contributed by atoms with van der Waals surface area (Å²) < 4.78 is 10.4. The van der Waals surface area contributed by atoms with Gasteiger partial charge in [-0.3, -0.25) is 0 Å². The molecule has 1 rings (SSSR count). The first-order valence-corrected chi connectivity index (χ1v) is 5.83. The van der Waals surface area contributed by atoms with E-state index in [0.717, 1.165) is 6.54 Å². The van der Waals surface area contributed by atoms with Crippen molar-refractivity contribution < 1.29 is 9.47 Å². The first kappa shape index (κ1) is 14.0. The van der Waals surface area contributed by atoms with E-state index in [9.17, 15) is 0 Å². The van der Waals surface area contributed by atoms with Crippen LogP contribution in [0.4, 0.5) is 5.82 Å². The number of likely N-dealkylation sites (N-methyl/N-ethyl adjacent to an activating group) is 1. The van der Waals surface area contributed by atoms with Crippen LogP contribution in [0.1, 0.15) is 13.8 Å². The summed E-state index contributed by atoms with van der Waals surface area (Å²) in [5, 5.41) is 0.320. The lowest BCUT2D eigenvalue weighted by molar-refractivity contribution is 0.181. The second kappa shape index (κ2) is 6.61. The minimum atomic E-state index is 0.185. The van der Waals surface area contributed by atoms with Crippen molar-refractivity contribution in [1.29, 1.82) is 0 Å². The van der Waals surface area contributed by atoms with Crippen LogP contribution < -0.4 is 9.64 Å². The number of rotatable bonds is 6. The second-order valence-corrected chi connectivity index (χ2v) is 3.97.